The lowest BCUT2D eigenvalue weighted by molar-refractivity contribution is 1.36. The van der Waals surface area contributed by atoms with Gasteiger partial charge in [0.2, 0.25) is 0 Å². The quantitative estimate of drug-likeness (QED) is 0.192. The van der Waals surface area contributed by atoms with Crippen molar-refractivity contribution < 1.29 is 0 Å². The number of aryl methyl sites for hydroxylation is 1. The normalized spacial score (nSPS) is 12.2. The molecule has 2 heteroatoms. The Labute approximate surface area is 211 Å². The number of hydrogen-bond donors (Lipinski definition) is 0. The number of rotatable bonds is 3. The number of allylic oxidation sites excluding steroid dienone is 3. The molecule has 4 aromatic carbocycles. The van der Waals surface area contributed by atoms with Gasteiger partial charge in [-0.25, -0.2) is 4.98 Å². The molecule has 0 saturated heterocycles. The predicted octanol–water partition coefficient (Wildman–Crippen LogP) is 9.52. The third kappa shape index (κ3) is 3.25. The molecule has 0 fully saturated rings. The van der Waals surface area contributed by atoms with Gasteiger partial charge in [-0.15, -0.1) is 0 Å². The number of benzene rings is 4. The van der Waals surface area contributed by atoms with Gasteiger partial charge in [0.05, 0.1) is 16.7 Å². The maximum atomic E-state index is 5.36. The van der Waals surface area contributed by atoms with E-state index in [-0.39, 0.29) is 0 Å². The lowest BCUT2D eigenvalue weighted by Gasteiger charge is -2.17. The average molecular weight is 465 g/mol. The molecule has 0 spiro atoms. The molecule has 36 heavy (non-hydrogen) atoms. The van der Waals surface area contributed by atoms with Crippen LogP contribution in [0.4, 0.5) is 0 Å². The molecule has 0 amide bonds. The zero-order valence-corrected chi connectivity index (χ0v) is 21.2. The Morgan fingerprint density at radius 1 is 0.722 bits per heavy atom. The van der Waals surface area contributed by atoms with Crippen LogP contribution in [0.15, 0.2) is 91.6 Å². The number of hydrogen-bond acceptors (Lipinski definition) is 2. The molecule has 0 N–H and O–H groups in total. The first-order chi connectivity index (χ1) is 17.5. The van der Waals surface area contributed by atoms with Gasteiger partial charge in [-0.3, -0.25) is 4.98 Å². The lowest BCUT2D eigenvalue weighted by atomic mass is 9.89. The Morgan fingerprint density at radius 2 is 1.31 bits per heavy atom. The first-order valence-electron chi connectivity index (χ1n) is 12.4. The van der Waals surface area contributed by atoms with Crippen molar-refractivity contribution >= 4 is 54.5 Å². The minimum Gasteiger partial charge on any atom is -0.254 e. The molecular formula is C34H28N2. The van der Waals surface area contributed by atoms with Crippen molar-refractivity contribution in [2.24, 2.45) is 0 Å². The molecule has 2 heterocycles. The van der Waals surface area contributed by atoms with Gasteiger partial charge in [-0.05, 0) is 83.6 Å². The molecule has 0 radical (unpaired) electrons. The molecule has 174 valence electrons. The van der Waals surface area contributed by atoms with Crippen LogP contribution in [0.3, 0.4) is 0 Å². The second-order valence-electron chi connectivity index (χ2n) is 9.61. The van der Waals surface area contributed by atoms with E-state index < -0.39 is 0 Å². The topological polar surface area (TPSA) is 25.8 Å². The molecule has 0 atom stereocenters. The van der Waals surface area contributed by atoms with Crippen LogP contribution in [-0.2, 0) is 0 Å². The fraction of sp³-hybridized carbons (Fsp3) is 0.118. The van der Waals surface area contributed by atoms with E-state index in [0.29, 0.717) is 0 Å². The van der Waals surface area contributed by atoms with Gasteiger partial charge in [-0.2, -0.15) is 0 Å². The van der Waals surface area contributed by atoms with Gasteiger partial charge in [0.25, 0.3) is 0 Å². The summed E-state index contributed by atoms with van der Waals surface area (Å²) < 4.78 is 0. The maximum absolute atomic E-state index is 5.36. The standard InChI is InChI=1S/C34H28N2/c1-6-21(4)30-19-31(36-34-29(30)16-15-28-23(20(2)3)17-18-35-33(28)34)32-26-13-9-7-11-24(26)22(5)25-12-8-10-14-27(25)32/h6-19H,2H2,1,3-5H3/b21-6+. The van der Waals surface area contributed by atoms with E-state index in [1.54, 1.807) is 0 Å². The van der Waals surface area contributed by atoms with Crippen LogP contribution in [0.25, 0.3) is 65.8 Å². The molecule has 0 aliphatic heterocycles. The van der Waals surface area contributed by atoms with Crippen molar-refractivity contribution in [3.05, 3.63) is 108 Å². The van der Waals surface area contributed by atoms with E-state index in [2.05, 4.69) is 100 Å². The Hall–Kier alpha value is -4.30. The van der Waals surface area contributed by atoms with Gasteiger partial charge >= 0.3 is 0 Å². The average Bonchev–Trinajstić information content (AvgIpc) is 2.91. The van der Waals surface area contributed by atoms with Crippen molar-refractivity contribution in [1.29, 1.82) is 0 Å². The molecule has 0 bridgehead atoms. The van der Waals surface area contributed by atoms with Crippen molar-refractivity contribution in [3.8, 4) is 11.3 Å². The molecule has 0 aliphatic rings. The monoisotopic (exact) mass is 464 g/mol. The van der Waals surface area contributed by atoms with E-state index in [1.807, 2.05) is 19.2 Å². The molecule has 6 rings (SSSR count). The van der Waals surface area contributed by atoms with Crippen molar-refractivity contribution in [3.63, 3.8) is 0 Å². The van der Waals surface area contributed by atoms with Crippen LogP contribution in [-0.4, -0.2) is 9.97 Å². The molecule has 0 unspecified atom stereocenters. The first-order valence-corrected chi connectivity index (χ1v) is 12.4. The smallest absolute Gasteiger partial charge is 0.0978 e. The molecule has 2 aromatic heterocycles. The third-order valence-corrected chi connectivity index (χ3v) is 7.46. The highest BCUT2D eigenvalue weighted by Gasteiger charge is 2.18. The largest absolute Gasteiger partial charge is 0.254 e. The Kier molecular flexibility index (Phi) is 5.19. The third-order valence-electron chi connectivity index (χ3n) is 7.46. The molecular weight excluding hydrogens is 436 g/mol. The van der Waals surface area contributed by atoms with Crippen LogP contribution in [0.1, 0.15) is 37.5 Å². The van der Waals surface area contributed by atoms with E-state index in [0.717, 1.165) is 38.6 Å². The Bertz CT molecular complexity index is 1830. The van der Waals surface area contributed by atoms with Gasteiger partial charge in [-0.1, -0.05) is 78.9 Å². The number of fused-ring (bicyclic) bond motifs is 5. The van der Waals surface area contributed by atoms with Crippen molar-refractivity contribution in [1.82, 2.24) is 9.97 Å². The van der Waals surface area contributed by atoms with E-state index in [1.165, 1.54) is 43.8 Å². The summed E-state index contributed by atoms with van der Waals surface area (Å²) in [6.07, 6.45) is 4.05. The zero-order valence-electron chi connectivity index (χ0n) is 21.2. The summed E-state index contributed by atoms with van der Waals surface area (Å²) >= 11 is 0. The van der Waals surface area contributed by atoms with Crippen LogP contribution in [0.2, 0.25) is 0 Å². The summed E-state index contributed by atoms with van der Waals surface area (Å²) in [6.45, 7) is 12.7. The fourth-order valence-corrected chi connectivity index (χ4v) is 5.51. The van der Waals surface area contributed by atoms with Crippen molar-refractivity contribution in [2.75, 3.05) is 0 Å². The summed E-state index contributed by atoms with van der Waals surface area (Å²) in [6, 6.07) is 26.0. The highest BCUT2D eigenvalue weighted by Crippen LogP contribution is 2.41. The number of nitrogens with zero attached hydrogens (tertiary/aromatic N) is 2. The van der Waals surface area contributed by atoms with Crippen LogP contribution in [0, 0.1) is 6.92 Å². The van der Waals surface area contributed by atoms with Crippen LogP contribution >= 0.6 is 0 Å². The van der Waals surface area contributed by atoms with Crippen molar-refractivity contribution in [2.45, 2.75) is 27.7 Å². The van der Waals surface area contributed by atoms with Gasteiger partial charge < -0.3 is 0 Å². The second kappa shape index (κ2) is 8.42. The lowest BCUT2D eigenvalue weighted by Crippen LogP contribution is -1.97. The molecule has 0 aliphatic carbocycles. The van der Waals surface area contributed by atoms with Crippen LogP contribution < -0.4 is 0 Å². The Morgan fingerprint density at radius 3 is 1.89 bits per heavy atom. The summed E-state index contributed by atoms with van der Waals surface area (Å²) in [7, 11) is 0. The highest BCUT2D eigenvalue weighted by atomic mass is 14.8. The van der Waals surface area contributed by atoms with E-state index >= 15 is 0 Å². The zero-order chi connectivity index (χ0) is 25.0. The summed E-state index contributed by atoms with van der Waals surface area (Å²) in [5, 5.41) is 7.18. The summed E-state index contributed by atoms with van der Waals surface area (Å²) in [5.74, 6) is 0. The van der Waals surface area contributed by atoms with Gasteiger partial charge in [0.15, 0.2) is 0 Å². The molecule has 2 nitrogen and oxygen atoms in total. The first kappa shape index (κ1) is 22.2. The predicted molar refractivity (Wildman–Crippen MR) is 156 cm³/mol. The minimum absolute atomic E-state index is 0.917. The van der Waals surface area contributed by atoms with E-state index in [4.69, 9.17) is 9.97 Å². The van der Waals surface area contributed by atoms with Gasteiger partial charge in [0, 0.05) is 22.5 Å². The fourth-order valence-electron chi connectivity index (χ4n) is 5.51. The summed E-state index contributed by atoms with van der Waals surface area (Å²) in [4.78, 5) is 10.2. The van der Waals surface area contributed by atoms with Crippen LogP contribution in [0.5, 0.6) is 0 Å². The second-order valence-corrected chi connectivity index (χ2v) is 9.61. The molecule has 0 saturated carbocycles. The maximum Gasteiger partial charge on any atom is 0.0978 e. The Balaban J connectivity index is 1.83. The van der Waals surface area contributed by atoms with E-state index in [9.17, 15) is 0 Å². The summed E-state index contributed by atoms with van der Waals surface area (Å²) in [5.41, 5.74) is 9.85. The molecule has 6 aromatic rings. The SMILES string of the molecule is C=C(C)c1ccnc2c1ccc1c(/C(C)=C/C)cc(-c3c4ccccc4c(C)c4ccccc34)nc12. The highest BCUT2D eigenvalue weighted by molar-refractivity contribution is 6.16. The number of aromatic nitrogens is 2. The number of pyridine rings is 2. The van der Waals surface area contributed by atoms with Gasteiger partial charge in [0.1, 0.15) is 0 Å². The minimum atomic E-state index is 0.917.